The molecule has 0 saturated heterocycles. The summed E-state index contributed by atoms with van der Waals surface area (Å²) < 4.78 is 7.20. The Morgan fingerprint density at radius 1 is 1.36 bits per heavy atom. The first-order chi connectivity index (χ1) is 10.5. The molecule has 0 aliphatic rings. The van der Waals surface area contributed by atoms with Crippen molar-refractivity contribution in [3.05, 3.63) is 40.4 Å². The van der Waals surface area contributed by atoms with E-state index in [2.05, 4.69) is 27.4 Å². The number of benzene rings is 1. The number of halogens is 2. The molecule has 0 unspecified atom stereocenters. The van der Waals surface area contributed by atoms with E-state index in [1.165, 1.54) is 0 Å². The lowest BCUT2D eigenvalue weighted by atomic mass is 10.2. The largest absolute Gasteiger partial charge is 0.488 e. The molecule has 0 aliphatic heterocycles. The van der Waals surface area contributed by atoms with E-state index in [-0.39, 0.29) is 6.10 Å². The number of nitrogens with one attached hydrogen (secondary N) is 1. The first-order valence-corrected chi connectivity index (χ1v) is 7.52. The first kappa shape index (κ1) is 16.6. The van der Waals surface area contributed by atoms with Crippen LogP contribution < -0.4 is 10.1 Å². The quantitative estimate of drug-likeness (QED) is 0.780. The molecule has 6 nitrogen and oxygen atoms in total. The van der Waals surface area contributed by atoms with E-state index in [1.54, 1.807) is 22.9 Å². The van der Waals surface area contributed by atoms with Crippen LogP contribution in [0.15, 0.2) is 24.8 Å². The number of rotatable bonds is 7. The van der Waals surface area contributed by atoms with Crippen LogP contribution in [0.25, 0.3) is 0 Å². The average Bonchev–Trinajstić information content (AvgIpc) is 2.88. The van der Waals surface area contributed by atoms with Crippen molar-refractivity contribution in [1.82, 2.24) is 20.2 Å². The van der Waals surface area contributed by atoms with E-state index in [9.17, 15) is 0 Å². The van der Waals surface area contributed by atoms with Gasteiger partial charge in [0.05, 0.1) is 22.7 Å². The summed E-state index contributed by atoms with van der Waals surface area (Å²) in [5.74, 6) is 1.05. The van der Waals surface area contributed by atoms with Crippen LogP contribution >= 0.6 is 23.2 Å². The summed E-state index contributed by atoms with van der Waals surface area (Å²) in [6.45, 7) is 8.51. The van der Waals surface area contributed by atoms with Gasteiger partial charge in [0, 0.05) is 6.54 Å². The third-order valence-corrected chi connectivity index (χ3v) is 3.26. The van der Waals surface area contributed by atoms with Crippen molar-refractivity contribution in [2.24, 2.45) is 0 Å². The van der Waals surface area contributed by atoms with Gasteiger partial charge in [0.1, 0.15) is 0 Å². The van der Waals surface area contributed by atoms with E-state index in [0.717, 1.165) is 5.56 Å². The Kier molecular flexibility index (Phi) is 5.63. The fraction of sp³-hybridized carbons (Fsp3) is 0.357. The predicted molar refractivity (Wildman–Crippen MR) is 87.6 cm³/mol. The molecule has 118 valence electrons. The maximum absolute atomic E-state index is 6.22. The minimum absolute atomic E-state index is 0.00232. The maximum atomic E-state index is 6.22. The molecule has 0 atom stereocenters. The molecule has 0 radical (unpaired) electrons. The first-order valence-electron chi connectivity index (χ1n) is 6.76. The number of nitrogens with zero attached hydrogens (tertiary/aromatic N) is 4. The zero-order chi connectivity index (χ0) is 16.1. The Morgan fingerprint density at radius 2 is 2.05 bits per heavy atom. The topological polar surface area (TPSA) is 64.9 Å². The van der Waals surface area contributed by atoms with Gasteiger partial charge in [-0.3, -0.25) is 0 Å². The lowest BCUT2D eigenvalue weighted by Crippen LogP contribution is -2.09. The summed E-state index contributed by atoms with van der Waals surface area (Å²) >= 11 is 12.4. The lowest BCUT2D eigenvalue weighted by molar-refractivity contribution is 0.242. The highest BCUT2D eigenvalue weighted by Gasteiger charge is 2.12. The fourth-order valence-corrected chi connectivity index (χ4v) is 2.44. The molecule has 1 aromatic heterocycles. The van der Waals surface area contributed by atoms with Gasteiger partial charge >= 0.3 is 0 Å². The highest BCUT2D eigenvalue weighted by Crippen LogP contribution is 2.35. The fourth-order valence-electron chi connectivity index (χ4n) is 1.82. The average molecular weight is 342 g/mol. The molecule has 2 aromatic rings. The number of tetrazole rings is 1. The Hall–Kier alpha value is -1.79. The van der Waals surface area contributed by atoms with Crippen LogP contribution in [0.5, 0.6) is 5.75 Å². The number of hydrogen-bond acceptors (Lipinski definition) is 5. The molecular formula is C14H17Cl2N5O. The summed E-state index contributed by atoms with van der Waals surface area (Å²) in [6.07, 6.45) is 1.72. The van der Waals surface area contributed by atoms with Crippen LogP contribution in [0, 0.1) is 0 Å². The van der Waals surface area contributed by atoms with Gasteiger partial charge in [0.2, 0.25) is 5.95 Å². The summed E-state index contributed by atoms with van der Waals surface area (Å²) in [5.41, 5.74) is 0.902. The molecule has 0 aliphatic carbocycles. The molecule has 0 bridgehead atoms. The van der Waals surface area contributed by atoms with Crippen molar-refractivity contribution in [3.8, 4) is 5.75 Å². The maximum Gasteiger partial charge on any atom is 0.243 e. The minimum atomic E-state index is 0.00232. The van der Waals surface area contributed by atoms with Gasteiger partial charge in [-0.15, -0.1) is 6.58 Å². The van der Waals surface area contributed by atoms with Crippen LogP contribution in [0.2, 0.25) is 10.0 Å². The van der Waals surface area contributed by atoms with Crippen LogP contribution in [0.1, 0.15) is 19.4 Å². The molecule has 8 heteroatoms. The standard InChI is InChI=1S/C14H17Cl2N5O/c1-4-5-21-14(18-19-20-21)17-8-10-6-11(15)13(12(16)7-10)22-9(2)3/h4,6-7,9H,1,5,8H2,2-3H3,(H,17,18,20). The number of anilines is 1. The van der Waals surface area contributed by atoms with E-state index in [0.29, 0.717) is 34.8 Å². The van der Waals surface area contributed by atoms with Gasteiger partial charge in [-0.1, -0.05) is 34.4 Å². The monoisotopic (exact) mass is 341 g/mol. The summed E-state index contributed by atoms with van der Waals surface area (Å²) in [5, 5.41) is 15.5. The number of aromatic nitrogens is 4. The Balaban J connectivity index is 2.10. The molecule has 0 saturated carbocycles. The minimum Gasteiger partial charge on any atom is -0.488 e. The molecule has 22 heavy (non-hydrogen) atoms. The second-order valence-corrected chi connectivity index (χ2v) is 5.70. The van der Waals surface area contributed by atoms with Crippen molar-refractivity contribution in [1.29, 1.82) is 0 Å². The Labute approximate surface area is 139 Å². The van der Waals surface area contributed by atoms with E-state index in [1.807, 2.05) is 13.8 Å². The lowest BCUT2D eigenvalue weighted by Gasteiger charge is -2.14. The summed E-state index contributed by atoms with van der Waals surface area (Å²) in [4.78, 5) is 0. The number of hydrogen-bond donors (Lipinski definition) is 1. The van der Waals surface area contributed by atoms with Crippen LogP contribution in [-0.2, 0) is 13.1 Å². The molecule has 0 amide bonds. The normalized spacial score (nSPS) is 10.8. The van der Waals surface area contributed by atoms with Gasteiger partial charge in [-0.05, 0) is 42.0 Å². The number of ether oxygens (including phenoxy) is 1. The van der Waals surface area contributed by atoms with E-state index >= 15 is 0 Å². The van der Waals surface area contributed by atoms with Gasteiger partial charge in [-0.25, -0.2) is 4.68 Å². The Morgan fingerprint density at radius 3 is 2.64 bits per heavy atom. The van der Waals surface area contributed by atoms with Crippen molar-refractivity contribution >= 4 is 29.2 Å². The molecule has 1 aromatic carbocycles. The van der Waals surface area contributed by atoms with Gasteiger partial charge in [0.15, 0.2) is 5.75 Å². The highest BCUT2D eigenvalue weighted by atomic mass is 35.5. The summed E-state index contributed by atoms with van der Waals surface area (Å²) in [7, 11) is 0. The van der Waals surface area contributed by atoms with Crippen molar-refractivity contribution < 1.29 is 4.74 Å². The van der Waals surface area contributed by atoms with E-state index in [4.69, 9.17) is 27.9 Å². The van der Waals surface area contributed by atoms with Crippen LogP contribution in [0.4, 0.5) is 5.95 Å². The third kappa shape index (κ3) is 4.11. The predicted octanol–water partition coefficient (Wildman–Crippen LogP) is 3.57. The molecule has 1 heterocycles. The van der Waals surface area contributed by atoms with Gasteiger partial charge < -0.3 is 10.1 Å². The van der Waals surface area contributed by atoms with Crippen molar-refractivity contribution in [2.45, 2.75) is 33.0 Å². The second kappa shape index (κ2) is 7.47. The van der Waals surface area contributed by atoms with Crippen LogP contribution in [-0.4, -0.2) is 26.3 Å². The highest BCUT2D eigenvalue weighted by molar-refractivity contribution is 6.37. The van der Waals surface area contributed by atoms with Gasteiger partial charge in [-0.2, -0.15) is 0 Å². The SMILES string of the molecule is C=CCn1nnnc1NCc1cc(Cl)c(OC(C)C)c(Cl)c1. The number of allylic oxidation sites excluding steroid dienone is 1. The summed E-state index contributed by atoms with van der Waals surface area (Å²) in [6, 6.07) is 3.61. The second-order valence-electron chi connectivity index (χ2n) is 4.88. The molecule has 0 fully saturated rings. The molecule has 1 N–H and O–H groups in total. The van der Waals surface area contributed by atoms with Crippen LogP contribution in [0.3, 0.4) is 0 Å². The zero-order valence-electron chi connectivity index (χ0n) is 12.4. The molecule has 2 rings (SSSR count). The Bertz CT molecular complexity index is 633. The van der Waals surface area contributed by atoms with E-state index < -0.39 is 0 Å². The smallest absolute Gasteiger partial charge is 0.243 e. The van der Waals surface area contributed by atoms with Crippen molar-refractivity contribution in [2.75, 3.05) is 5.32 Å². The third-order valence-electron chi connectivity index (χ3n) is 2.70. The van der Waals surface area contributed by atoms with Gasteiger partial charge in [0.25, 0.3) is 0 Å². The molecule has 0 spiro atoms. The molecular weight excluding hydrogens is 325 g/mol. The van der Waals surface area contributed by atoms with Crippen molar-refractivity contribution in [3.63, 3.8) is 0 Å². The zero-order valence-corrected chi connectivity index (χ0v) is 13.9.